The summed E-state index contributed by atoms with van der Waals surface area (Å²) >= 11 is 1.54. The average Bonchev–Trinajstić information content (AvgIpc) is 3.29. The van der Waals surface area contributed by atoms with Gasteiger partial charge in [0.1, 0.15) is 5.69 Å². The molecule has 5 nitrogen and oxygen atoms in total. The van der Waals surface area contributed by atoms with Gasteiger partial charge >= 0.3 is 0 Å². The zero-order chi connectivity index (χ0) is 16.9. The van der Waals surface area contributed by atoms with Gasteiger partial charge in [0.2, 0.25) is 0 Å². The van der Waals surface area contributed by atoms with Gasteiger partial charge in [-0.2, -0.15) is 5.10 Å². The van der Waals surface area contributed by atoms with Crippen LogP contribution in [-0.2, 0) is 0 Å². The highest BCUT2D eigenvalue weighted by Crippen LogP contribution is 2.27. The van der Waals surface area contributed by atoms with Crippen molar-refractivity contribution in [1.29, 1.82) is 0 Å². The van der Waals surface area contributed by atoms with E-state index in [0.717, 1.165) is 10.6 Å². The second-order valence-electron chi connectivity index (χ2n) is 5.41. The number of hydrogen-bond acceptors (Lipinski definition) is 4. The lowest BCUT2D eigenvalue weighted by Crippen LogP contribution is -2.37. The smallest absolute Gasteiger partial charge is 0.255 e. The number of thiophene rings is 1. The van der Waals surface area contributed by atoms with E-state index in [4.69, 9.17) is 0 Å². The first-order valence-electron chi connectivity index (χ1n) is 7.83. The second-order valence-corrected chi connectivity index (χ2v) is 6.36. The SMILES string of the molecule is CC[C@@H](CO)NC(=O)c1cn(-c2ccccc2)nc1-c1cccs1. The van der Waals surface area contributed by atoms with E-state index in [1.165, 1.54) is 0 Å². The topological polar surface area (TPSA) is 67.2 Å². The number of nitrogens with one attached hydrogen (secondary N) is 1. The van der Waals surface area contributed by atoms with Gasteiger partial charge in [-0.1, -0.05) is 31.2 Å². The summed E-state index contributed by atoms with van der Waals surface area (Å²) < 4.78 is 1.71. The van der Waals surface area contributed by atoms with E-state index >= 15 is 0 Å². The van der Waals surface area contributed by atoms with E-state index in [-0.39, 0.29) is 18.6 Å². The molecule has 0 bridgehead atoms. The van der Waals surface area contributed by atoms with Crippen LogP contribution in [0, 0.1) is 0 Å². The zero-order valence-electron chi connectivity index (χ0n) is 13.3. The quantitative estimate of drug-likeness (QED) is 0.724. The molecule has 0 unspecified atom stereocenters. The van der Waals surface area contributed by atoms with E-state index in [1.807, 2.05) is 54.8 Å². The van der Waals surface area contributed by atoms with Crippen molar-refractivity contribution in [2.75, 3.05) is 6.61 Å². The molecule has 2 heterocycles. The third-order valence-corrected chi connectivity index (χ3v) is 4.66. The van der Waals surface area contributed by atoms with Crippen molar-refractivity contribution in [2.45, 2.75) is 19.4 Å². The number of carbonyl (C=O) groups excluding carboxylic acids is 1. The van der Waals surface area contributed by atoms with Crippen LogP contribution in [-0.4, -0.2) is 33.4 Å². The van der Waals surface area contributed by atoms with Crippen LogP contribution in [0.4, 0.5) is 0 Å². The van der Waals surface area contributed by atoms with Gasteiger partial charge in [-0.05, 0) is 30.0 Å². The Hall–Kier alpha value is -2.44. The molecule has 6 heteroatoms. The van der Waals surface area contributed by atoms with Crippen molar-refractivity contribution in [3.8, 4) is 16.3 Å². The van der Waals surface area contributed by atoms with E-state index in [0.29, 0.717) is 17.7 Å². The maximum atomic E-state index is 12.7. The molecule has 2 aromatic heterocycles. The van der Waals surface area contributed by atoms with Crippen LogP contribution in [0.5, 0.6) is 0 Å². The fraction of sp³-hybridized carbons (Fsp3) is 0.222. The standard InChI is InChI=1S/C18H19N3O2S/c1-2-13(12-22)19-18(23)15-11-21(14-7-4-3-5-8-14)20-17(15)16-9-6-10-24-16/h3-11,13,22H,2,12H2,1H3,(H,19,23)/t13-/m0/s1. The summed E-state index contributed by atoms with van der Waals surface area (Å²) in [6.45, 7) is 1.85. The number of carbonyl (C=O) groups is 1. The van der Waals surface area contributed by atoms with Gasteiger partial charge in [-0.25, -0.2) is 4.68 Å². The third kappa shape index (κ3) is 3.39. The molecule has 24 heavy (non-hydrogen) atoms. The molecule has 0 aliphatic rings. The number of aromatic nitrogens is 2. The number of rotatable bonds is 6. The maximum Gasteiger partial charge on any atom is 0.255 e. The first kappa shape index (κ1) is 16.4. The molecule has 2 N–H and O–H groups in total. The summed E-state index contributed by atoms with van der Waals surface area (Å²) in [4.78, 5) is 13.6. The number of amides is 1. The Labute approximate surface area is 144 Å². The Bertz CT molecular complexity index is 793. The molecule has 1 aromatic carbocycles. The van der Waals surface area contributed by atoms with Crippen molar-refractivity contribution in [1.82, 2.24) is 15.1 Å². The summed E-state index contributed by atoms with van der Waals surface area (Å²) in [6.07, 6.45) is 2.41. The largest absolute Gasteiger partial charge is 0.394 e. The number of para-hydroxylation sites is 1. The van der Waals surface area contributed by atoms with Gasteiger partial charge in [0.25, 0.3) is 5.91 Å². The van der Waals surface area contributed by atoms with Crippen molar-refractivity contribution in [3.05, 3.63) is 59.6 Å². The van der Waals surface area contributed by atoms with E-state index in [1.54, 1.807) is 22.2 Å². The minimum absolute atomic E-state index is 0.0800. The van der Waals surface area contributed by atoms with Crippen LogP contribution in [0.3, 0.4) is 0 Å². The Kier molecular flexibility index (Phi) is 5.08. The molecule has 1 atom stereocenters. The lowest BCUT2D eigenvalue weighted by Gasteiger charge is -2.13. The van der Waals surface area contributed by atoms with E-state index < -0.39 is 0 Å². The number of benzene rings is 1. The molecule has 0 saturated carbocycles. The maximum absolute atomic E-state index is 12.7. The van der Waals surface area contributed by atoms with Crippen LogP contribution < -0.4 is 5.32 Å². The lowest BCUT2D eigenvalue weighted by molar-refractivity contribution is 0.0915. The molecule has 0 aliphatic heterocycles. The Balaban J connectivity index is 2.00. The molecule has 0 radical (unpaired) electrons. The molecular formula is C18H19N3O2S. The Morgan fingerprint density at radius 3 is 2.71 bits per heavy atom. The van der Waals surface area contributed by atoms with Crippen molar-refractivity contribution in [3.63, 3.8) is 0 Å². The van der Waals surface area contributed by atoms with Crippen LogP contribution in [0.25, 0.3) is 16.3 Å². The molecule has 0 fully saturated rings. The minimum atomic E-state index is -0.256. The molecule has 0 spiro atoms. The molecule has 3 aromatic rings. The number of hydrogen-bond donors (Lipinski definition) is 2. The van der Waals surface area contributed by atoms with Crippen LogP contribution in [0.15, 0.2) is 54.0 Å². The normalized spacial score (nSPS) is 12.1. The second kappa shape index (κ2) is 7.42. The lowest BCUT2D eigenvalue weighted by atomic mass is 10.1. The average molecular weight is 341 g/mol. The van der Waals surface area contributed by atoms with Crippen LogP contribution in [0.1, 0.15) is 23.7 Å². The molecule has 124 valence electrons. The van der Waals surface area contributed by atoms with Gasteiger partial charge in [0, 0.05) is 6.20 Å². The molecule has 0 aliphatic carbocycles. The van der Waals surface area contributed by atoms with E-state index in [2.05, 4.69) is 10.4 Å². The van der Waals surface area contributed by atoms with E-state index in [9.17, 15) is 9.90 Å². The highest BCUT2D eigenvalue weighted by molar-refractivity contribution is 7.13. The first-order valence-corrected chi connectivity index (χ1v) is 8.71. The van der Waals surface area contributed by atoms with Gasteiger partial charge in [-0.15, -0.1) is 11.3 Å². The minimum Gasteiger partial charge on any atom is -0.394 e. The van der Waals surface area contributed by atoms with Crippen LogP contribution in [0.2, 0.25) is 0 Å². The summed E-state index contributed by atoms with van der Waals surface area (Å²) in [5.74, 6) is -0.221. The number of aliphatic hydroxyl groups is 1. The van der Waals surface area contributed by atoms with Crippen LogP contribution >= 0.6 is 11.3 Å². The van der Waals surface area contributed by atoms with Crippen molar-refractivity contribution in [2.24, 2.45) is 0 Å². The van der Waals surface area contributed by atoms with Crippen molar-refractivity contribution >= 4 is 17.2 Å². The van der Waals surface area contributed by atoms with Gasteiger partial charge in [0.15, 0.2) is 0 Å². The number of aliphatic hydroxyl groups excluding tert-OH is 1. The van der Waals surface area contributed by atoms with Gasteiger partial charge < -0.3 is 10.4 Å². The Morgan fingerprint density at radius 1 is 1.29 bits per heavy atom. The molecule has 1 amide bonds. The summed E-state index contributed by atoms with van der Waals surface area (Å²) in [5, 5.41) is 18.8. The predicted octanol–water partition coefficient (Wildman–Crippen LogP) is 3.10. The van der Waals surface area contributed by atoms with Crippen molar-refractivity contribution < 1.29 is 9.90 Å². The predicted molar refractivity (Wildman–Crippen MR) is 95.5 cm³/mol. The molecule has 3 rings (SSSR count). The number of nitrogens with zero attached hydrogens (tertiary/aromatic N) is 2. The Morgan fingerprint density at radius 2 is 2.08 bits per heavy atom. The fourth-order valence-corrected chi connectivity index (χ4v) is 3.11. The first-order chi connectivity index (χ1) is 11.7. The van der Waals surface area contributed by atoms with Gasteiger partial charge in [0.05, 0.1) is 28.8 Å². The van der Waals surface area contributed by atoms with Gasteiger partial charge in [-0.3, -0.25) is 4.79 Å². The highest BCUT2D eigenvalue weighted by atomic mass is 32.1. The molecule has 0 saturated heterocycles. The molecular weight excluding hydrogens is 322 g/mol. The fourth-order valence-electron chi connectivity index (χ4n) is 2.39. The summed E-state index contributed by atoms with van der Waals surface area (Å²) in [6, 6.07) is 13.3. The zero-order valence-corrected chi connectivity index (χ0v) is 14.2. The summed E-state index contributed by atoms with van der Waals surface area (Å²) in [5.41, 5.74) is 2.05. The third-order valence-electron chi connectivity index (χ3n) is 3.78. The monoisotopic (exact) mass is 341 g/mol. The highest BCUT2D eigenvalue weighted by Gasteiger charge is 2.21. The summed E-state index contributed by atoms with van der Waals surface area (Å²) in [7, 11) is 0.